The van der Waals surface area contributed by atoms with Crippen LogP contribution in [0.15, 0.2) is 23.5 Å². The number of morpholine rings is 1. The first-order valence-electron chi connectivity index (χ1n) is 11.0. The predicted octanol–water partition coefficient (Wildman–Crippen LogP) is 2.21. The Balaban J connectivity index is 1.93. The molecule has 0 spiro atoms. The number of aliphatic imine (C=N–C) groups is 1. The lowest BCUT2D eigenvalue weighted by atomic mass is 9.92. The van der Waals surface area contributed by atoms with Gasteiger partial charge in [-0.05, 0) is 24.8 Å². The van der Waals surface area contributed by atoms with Crippen LogP contribution >= 0.6 is 0 Å². The Morgan fingerprint density at radius 1 is 1.18 bits per heavy atom. The molecule has 2 unspecified atom stereocenters. The van der Waals surface area contributed by atoms with Gasteiger partial charge in [-0.25, -0.2) is 0 Å². The molecular weight excluding hydrogens is 352 g/mol. The Morgan fingerprint density at radius 3 is 2.54 bits per heavy atom. The van der Waals surface area contributed by atoms with Crippen LogP contribution in [0.1, 0.15) is 40.5 Å². The lowest BCUT2D eigenvalue weighted by Crippen LogP contribution is -2.53. The Hall–Kier alpha value is -1.60. The number of nitrogens with one attached hydrogen (secondary N) is 2. The van der Waals surface area contributed by atoms with E-state index < -0.39 is 0 Å². The van der Waals surface area contributed by atoms with Gasteiger partial charge in [0.25, 0.3) is 0 Å². The van der Waals surface area contributed by atoms with Crippen molar-refractivity contribution in [2.45, 2.75) is 53.1 Å². The van der Waals surface area contributed by atoms with Crippen molar-refractivity contribution in [3.8, 4) is 0 Å². The second-order valence-corrected chi connectivity index (χ2v) is 7.73. The fourth-order valence-electron chi connectivity index (χ4n) is 3.91. The fourth-order valence-corrected chi connectivity index (χ4v) is 3.91. The summed E-state index contributed by atoms with van der Waals surface area (Å²) in [4.78, 5) is 7.43. The molecule has 0 aromatic carbocycles. The number of nitrogens with zero attached hydrogens (tertiary/aromatic N) is 4. The van der Waals surface area contributed by atoms with Crippen LogP contribution in [0.3, 0.4) is 0 Å². The first-order chi connectivity index (χ1) is 13.7. The van der Waals surface area contributed by atoms with E-state index in [9.17, 15) is 0 Å². The van der Waals surface area contributed by atoms with Gasteiger partial charge in [-0.3, -0.25) is 14.6 Å². The number of rotatable bonds is 11. The quantitative estimate of drug-likeness (QED) is 0.446. The normalized spacial score (nSPS) is 18.2. The van der Waals surface area contributed by atoms with E-state index in [1.165, 1.54) is 12.8 Å². The van der Waals surface area contributed by atoms with Crippen molar-refractivity contribution in [1.29, 1.82) is 0 Å². The van der Waals surface area contributed by atoms with E-state index >= 15 is 0 Å². The summed E-state index contributed by atoms with van der Waals surface area (Å²) in [7, 11) is 0. The molecule has 2 atom stereocenters. The molecule has 7 heteroatoms. The highest BCUT2D eigenvalue weighted by Gasteiger charge is 2.27. The topological polar surface area (TPSA) is 66.7 Å². The molecule has 1 saturated heterocycles. The molecule has 0 bridgehead atoms. The summed E-state index contributed by atoms with van der Waals surface area (Å²) < 4.78 is 7.54. The van der Waals surface area contributed by atoms with Crippen molar-refractivity contribution in [2.75, 3.05) is 45.9 Å². The van der Waals surface area contributed by atoms with E-state index in [2.05, 4.69) is 48.3 Å². The van der Waals surface area contributed by atoms with E-state index in [1.807, 2.05) is 23.1 Å². The lowest BCUT2D eigenvalue weighted by Gasteiger charge is -2.39. The Labute approximate surface area is 170 Å². The maximum absolute atomic E-state index is 5.56. The predicted molar refractivity (Wildman–Crippen MR) is 116 cm³/mol. The van der Waals surface area contributed by atoms with Crippen LogP contribution in [-0.2, 0) is 11.3 Å². The third-order valence-corrected chi connectivity index (χ3v) is 5.55. The molecule has 2 rings (SSSR count). The summed E-state index contributed by atoms with van der Waals surface area (Å²) in [6.07, 6.45) is 6.24. The zero-order chi connectivity index (χ0) is 20.2. The molecule has 0 saturated carbocycles. The average molecular weight is 393 g/mol. The number of hydrogen-bond acceptors (Lipinski definition) is 4. The van der Waals surface area contributed by atoms with Gasteiger partial charge >= 0.3 is 0 Å². The van der Waals surface area contributed by atoms with Gasteiger partial charge < -0.3 is 15.4 Å². The van der Waals surface area contributed by atoms with Gasteiger partial charge in [0.15, 0.2) is 5.96 Å². The molecule has 1 fully saturated rings. The Kier molecular flexibility index (Phi) is 10.4. The summed E-state index contributed by atoms with van der Waals surface area (Å²) in [5, 5.41) is 11.3. The lowest BCUT2D eigenvalue weighted by molar-refractivity contribution is 0.00272. The molecule has 0 radical (unpaired) electrons. The van der Waals surface area contributed by atoms with Gasteiger partial charge in [0, 0.05) is 57.7 Å². The second kappa shape index (κ2) is 12.8. The van der Waals surface area contributed by atoms with Gasteiger partial charge in [0.05, 0.1) is 13.2 Å². The zero-order valence-corrected chi connectivity index (χ0v) is 18.2. The molecule has 1 aliphatic rings. The van der Waals surface area contributed by atoms with Crippen LogP contribution in [0.2, 0.25) is 0 Å². The average Bonchev–Trinajstić information content (AvgIpc) is 3.22. The third-order valence-electron chi connectivity index (χ3n) is 5.55. The van der Waals surface area contributed by atoms with Gasteiger partial charge in [0.1, 0.15) is 0 Å². The van der Waals surface area contributed by atoms with E-state index in [0.29, 0.717) is 17.9 Å². The molecule has 1 aromatic rings. The Morgan fingerprint density at radius 2 is 1.93 bits per heavy atom. The first-order valence-corrected chi connectivity index (χ1v) is 11.0. The molecule has 7 nitrogen and oxygen atoms in total. The van der Waals surface area contributed by atoms with Crippen LogP contribution in [0.4, 0.5) is 0 Å². The van der Waals surface area contributed by atoms with Crippen LogP contribution in [0.5, 0.6) is 0 Å². The smallest absolute Gasteiger partial charge is 0.191 e. The monoisotopic (exact) mass is 392 g/mol. The molecule has 28 heavy (non-hydrogen) atoms. The highest BCUT2D eigenvalue weighted by molar-refractivity contribution is 5.79. The van der Waals surface area contributed by atoms with Crippen LogP contribution in [-0.4, -0.2) is 72.6 Å². The molecule has 1 aliphatic heterocycles. The van der Waals surface area contributed by atoms with E-state index in [-0.39, 0.29) is 0 Å². The summed E-state index contributed by atoms with van der Waals surface area (Å²) in [6, 6.07) is 2.48. The maximum atomic E-state index is 5.56. The number of guanidine groups is 1. The molecule has 0 aliphatic carbocycles. The molecule has 0 amide bonds. The van der Waals surface area contributed by atoms with Crippen molar-refractivity contribution >= 4 is 5.96 Å². The van der Waals surface area contributed by atoms with Crippen LogP contribution < -0.4 is 10.6 Å². The Bertz CT molecular complexity index is 537. The van der Waals surface area contributed by atoms with Gasteiger partial charge in [-0.15, -0.1) is 0 Å². The van der Waals surface area contributed by atoms with Gasteiger partial charge in [-0.1, -0.05) is 33.6 Å². The molecule has 2 heterocycles. The summed E-state index contributed by atoms with van der Waals surface area (Å²) >= 11 is 0. The summed E-state index contributed by atoms with van der Waals surface area (Å²) in [6.45, 7) is 16.1. The maximum Gasteiger partial charge on any atom is 0.191 e. The largest absolute Gasteiger partial charge is 0.379 e. The van der Waals surface area contributed by atoms with Crippen molar-refractivity contribution in [3.63, 3.8) is 0 Å². The highest BCUT2D eigenvalue weighted by Crippen LogP contribution is 2.19. The van der Waals surface area contributed by atoms with Gasteiger partial charge in [-0.2, -0.15) is 5.10 Å². The minimum Gasteiger partial charge on any atom is -0.379 e. The number of aromatic nitrogens is 2. The van der Waals surface area contributed by atoms with Crippen molar-refractivity contribution in [2.24, 2.45) is 16.8 Å². The SMILES string of the molecule is CCNC(=NCC(C)Cn1cccn1)NCC(C(CC)CC)N1CCOCC1. The standard InChI is InChI=1S/C21H40N6O/c1-5-19(6-2)20(26-11-13-28-14-12-26)16-24-21(22-7-3)23-15-18(4)17-27-10-8-9-25-27/h8-10,18-20H,5-7,11-17H2,1-4H3,(H2,22,23,24). The highest BCUT2D eigenvalue weighted by atomic mass is 16.5. The van der Waals surface area contributed by atoms with E-state index in [4.69, 9.17) is 9.73 Å². The second-order valence-electron chi connectivity index (χ2n) is 7.73. The molecule has 1 aromatic heterocycles. The first kappa shape index (κ1) is 22.7. The van der Waals surface area contributed by atoms with Crippen molar-refractivity contribution in [3.05, 3.63) is 18.5 Å². The van der Waals surface area contributed by atoms with Crippen LogP contribution in [0, 0.1) is 11.8 Å². The van der Waals surface area contributed by atoms with E-state index in [1.54, 1.807) is 0 Å². The van der Waals surface area contributed by atoms with E-state index in [0.717, 1.165) is 58.4 Å². The molecular formula is C21H40N6O. The van der Waals surface area contributed by atoms with Gasteiger partial charge in [0.2, 0.25) is 0 Å². The van der Waals surface area contributed by atoms with Crippen molar-refractivity contribution < 1.29 is 4.74 Å². The van der Waals surface area contributed by atoms with Crippen LogP contribution in [0.25, 0.3) is 0 Å². The number of ether oxygens (including phenoxy) is 1. The summed E-state index contributed by atoms with van der Waals surface area (Å²) in [5.41, 5.74) is 0. The number of hydrogen-bond donors (Lipinski definition) is 2. The summed E-state index contributed by atoms with van der Waals surface area (Å²) in [5.74, 6) is 2.04. The molecule has 2 N–H and O–H groups in total. The fraction of sp³-hybridized carbons (Fsp3) is 0.810. The van der Waals surface area contributed by atoms with Crippen molar-refractivity contribution in [1.82, 2.24) is 25.3 Å². The third kappa shape index (κ3) is 7.43. The minimum atomic E-state index is 0.435. The molecule has 160 valence electrons. The zero-order valence-electron chi connectivity index (χ0n) is 18.2. The minimum absolute atomic E-state index is 0.435.